The Hall–Kier alpha value is -3.91. The van der Waals surface area contributed by atoms with Gasteiger partial charge in [-0.25, -0.2) is 0 Å². The van der Waals surface area contributed by atoms with Crippen molar-refractivity contribution in [1.29, 1.82) is 5.26 Å². The number of nitriles is 1. The number of para-hydroxylation sites is 1. The van der Waals surface area contributed by atoms with E-state index in [1.807, 2.05) is 30.3 Å². The van der Waals surface area contributed by atoms with Crippen LogP contribution in [0.4, 0.5) is 11.4 Å². The summed E-state index contributed by atoms with van der Waals surface area (Å²) in [6.07, 6.45) is 0. The second kappa shape index (κ2) is 8.85. The van der Waals surface area contributed by atoms with Crippen LogP contribution < -0.4 is 10.6 Å². The van der Waals surface area contributed by atoms with E-state index in [4.69, 9.17) is 5.26 Å². The summed E-state index contributed by atoms with van der Waals surface area (Å²) in [6, 6.07) is 22.9. The number of amides is 2. The molecule has 2 amide bonds. The predicted octanol–water partition coefficient (Wildman–Crippen LogP) is 5.19. The first-order chi connectivity index (χ1) is 14.0. The molecule has 0 aromatic heterocycles. The molecule has 0 aliphatic carbocycles. The molecule has 2 N–H and O–H groups in total. The molecule has 0 aliphatic rings. The van der Waals surface area contributed by atoms with Crippen LogP contribution in [0.2, 0.25) is 0 Å². The highest BCUT2D eigenvalue weighted by molar-refractivity contribution is 6.07. The van der Waals surface area contributed by atoms with Crippen LogP contribution in [-0.4, -0.2) is 11.8 Å². The summed E-state index contributed by atoms with van der Waals surface area (Å²) in [7, 11) is 0. The molecule has 5 heteroatoms. The smallest absolute Gasteiger partial charge is 0.255 e. The SMILES string of the molecule is CC(C)c1ccc(NC(=O)c2ccc(C(=O)Nc3ccccc3C#N)cc2)cc1. The fraction of sp³-hybridized carbons (Fsp3) is 0.125. The molecule has 29 heavy (non-hydrogen) atoms. The van der Waals surface area contributed by atoms with Crippen molar-refractivity contribution in [2.75, 3.05) is 10.6 Å². The number of hydrogen-bond acceptors (Lipinski definition) is 3. The fourth-order valence-corrected chi connectivity index (χ4v) is 2.81. The van der Waals surface area contributed by atoms with Crippen molar-refractivity contribution in [2.45, 2.75) is 19.8 Å². The number of rotatable bonds is 5. The maximum Gasteiger partial charge on any atom is 0.255 e. The van der Waals surface area contributed by atoms with Gasteiger partial charge < -0.3 is 10.6 Å². The average Bonchev–Trinajstić information content (AvgIpc) is 2.74. The molecule has 0 aliphatic heterocycles. The molecule has 144 valence electrons. The Morgan fingerprint density at radius 1 is 0.793 bits per heavy atom. The van der Waals surface area contributed by atoms with Crippen LogP contribution in [0.25, 0.3) is 0 Å². The number of carbonyl (C=O) groups is 2. The Morgan fingerprint density at radius 2 is 1.34 bits per heavy atom. The fourth-order valence-electron chi connectivity index (χ4n) is 2.81. The van der Waals surface area contributed by atoms with Crippen molar-refractivity contribution < 1.29 is 9.59 Å². The van der Waals surface area contributed by atoms with Crippen molar-refractivity contribution in [3.63, 3.8) is 0 Å². The third kappa shape index (κ3) is 4.88. The van der Waals surface area contributed by atoms with Gasteiger partial charge >= 0.3 is 0 Å². The monoisotopic (exact) mass is 383 g/mol. The van der Waals surface area contributed by atoms with Gasteiger partial charge in [-0.3, -0.25) is 9.59 Å². The summed E-state index contributed by atoms with van der Waals surface area (Å²) in [6.45, 7) is 4.23. The van der Waals surface area contributed by atoms with Gasteiger partial charge in [-0.2, -0.15) is 5.26 Å². The zero-order chi connectivity index (χ0) is 20.8. The highest BCUT2D eigenvalue weighted by Crippen LogP contribution is 2.18. The van der Waals surface area contributed by atoms with Crippen molar-refractivity contribution in [2.24, 2.45) is 0 Å². The van der Waals surface area contributed by atoms with Crippen LogP contribution in [0.5, 0.6) is 0 Å². The number of anilines is 2. The molecule has 3 rings (SSSR count). The lowest BCUT2D eigenvalue weighted by atomic mass is 10.0. The molecule has 0 saturated carbocycles. The number of carbonyl (C=O) groups excluding carboxylic acids is 2. The highest BCUT2D eigenvalue weighted by atomic mass is 16.2. The zero-order valence-electron chi connectivity index (χ0n) is 16.3. The third-order valence-corrected chi connectivity index (χ3v) is 4.54. The van der Waals surface area contributed by atoms with Crippen LogP contribution in [-0.2, 0) is 0 Å². The van der Waals surface area contributed by atoms with E-state index in [1.165, 1.54) is 5.56 Å². The van der Waals surface area contributed by atoms with Crippen LogP contribution in [0, 0.1) is 11.3 Å². The van der Waals surface area contributed by atoms with Gasteiger partial charge in [0.25, 0.3) is 11.8 Å². The number of nitrogens with one attached hydrogen (secondary N) is 2. The van der Waals surface area contributed by atoms with Crippen LogP contribution in [0.15, 0.2) is 72.8 Å². The minimum Gasteiger partial charge on any atom is -0.322 e. The molecule has 0 radical (unpaired) electrons. The van der Waals surface area contributed by atoms with Gasteiger partial charge in [0, 0.05) is 16.8 Å². The summed E-state index contributed by atoms with van der Waals surface area (Å²) >= 11 is 0. The second-order valence-corrected chi connectivity index (χ2v) is 6.92. The zero-order valence-corrected chi connectivity index (χ0v) is 16.3. The first-order valence-electron chi connectivity index (χ1n) is 9.30. The van der Waals surface area contributed by atoms with Gasteiger partial charge in [-0.05, 0) is 60.0 Å². The van der Waals surface area contributed by atoms with Gasteiger partial charge in [-0.15, -0.1) is 0 Å². The van der Waals surface area contributed by atoms with Gasteiger partial charge in [0.2, 0.25) is 0 Å². The van der Waals surface area contributed by atoms with Gasteiger partial charge in [0.15, 0.2) is 0 Å². The Labute approximate surface area is 170 Å². The molecule has 5 nitrogen and oxygen atoms in total. The van der Waals surface area contributed by atoms with Crippen LogP contribution in [0.1, 0.15) is 51.6 Å². The molecule has 0 bridgehead atoms. The maximum atomic E-state index is 12.4. The Kier molecular flexibility index (Phi) is 6.06. The number of benzene rings is 3. The molecule has 0 saturated heterocycles. The van der Waals surface area contributed by atoms with Crippen molar-refractivity contribution >= 4 is 23.2 Å². The second-order valence-electron chi connectivity index (χ2n) is 6.92. The van der Waals surface area contributed by atoms with Crippen LogP contribution in [0.3, 0.4) is 0 Å². The van der Waals surface area contributed by atoms with E-state index in [2.05, 4.69) is 24.5 Å². The topological polar surface area (TPSA) is 82.0 Å². The largest absolute Gasteiger partial charge is 0.322 e. The molecule has 0 heterocycles. The lowest BCUT2D eigenvalue weighted by molar-refractivity contribution is 0.101. The summed E-state index contributed by atoms with van der Waals surface area (Å²) < 4.78 is 0. The molecule has 0 spiro atoms. The Balaban J connectivity index is 1.66. The summed E-state index contributed by atoms with van der Waals surface area (Å²) in [5.74, 6) is -0.161. The minimum absolute atomic E-state index is 0.246. The van der Waals surface area contributed by atoms with Gasteiger partial charge in [-0.1, -0.05) is 38.1 Å². The normalized spacial score (nSPS) is 10.3. The summed E-state index contributed by atoms with van der Waals surface area (Å²) in [5, 5.41) is 14.7. The molecule has 0 fully saturated rings. The van der Waals surface area contributed by atoms with Gasteiger partial charge in [0.1, 0.15) is 6.07 Å². The Morgan fingerprint density at radius 3 is 1.90 bits per heavy atom. The third-order valence-electron chi connectivity index (χ3n) is 4.54. The summed E-state index contributed by atoms with van der Waals surface area (Å²) in [4.78, 5) is 24.9. The van der Waals surface area contributed by atoms with E-state index in [1.54, 1.807) is 48.5 Å². The van der Waals surface area contributed by atoms with Gasteiger partial charge in [0.05, 0.1) is 11.3 Å². The molecule has 0 unspecified atom stereocenters. The standard InChI is InChI=1S/C24H21N3O2/c1-16(2)17-11-13-21(14-12-17)26-23(28)18-7-9-19(10-8-18)24(29)27-22-6-4-3-5-20(22)15-25/h3-14,16H,1-2H3,(H,26,28)(H,27,29). The Bertz CT molecular complexity index is 1060. The maximum absolute atomic E-state index is 12.4. The number of hydrogen-bond donors (Lipinski definition) is 2. The quantitative estimate of drug-likeness (QED) is 0.636. The lowest BCUT2D eigenvalue weighted by Gasteiger charge is -2.09. The highest BCUT2D eigenvalue weighted by Gasteiger charge is 2.11. The number of nitrogens with zero attached hydrogens (tertiary/aromatic N) is 1. The molecule has 3 aromatic carbocycles. The molecular weight excluding hydrogens is 362 g/mol. The lowest BCUT2D eigenvalue weighted by Crippen LogP contribution is -2.15. The molecular formula is C24H21N3O2. The minimum atomic E-state index is -0.344. The molecule has 0 atom stereocenters. The first kappa shape index (κ1) is 19.8. The van der Waals surface area contributed by atoms with E-state index in [-0.39, 0.29) is 11.8 Å². The van der Waals surface area contributed by atoms with E-state index < -0.39 is 0 Å². The average molecular weight is 383 g/mol. The van der Waals surface area contributed by atoms with Crippen molar-refractivity contribution in [3.8, 4) is 6.07 Å². The van der Waals surface area contributed by atoms with E-state index >= 15 is 0 Å². The van der Waals surface area contributed by atoms with Crippen molar-refractivity contribution in [3.05, 3.63) is 95.1 Å². The predicted molar refractivity (Wildman–Crippen MR) is 114 cm³/mol. The van der Waals surface area contributed by atoms with Crippen LogP contribution >= 0.6 is 0 Å². The van der Waals surface area contributed by atoms with E-state index in [0.717, 1.165) is 0 Å². The first-order valence-corrected chi connectivity index (χ1v) is 9.30. The van der Waals surface area contributed by atoms with E-state index in [9.17, 15) is 9.59 Å². The van der Waals surface area contributed by atoms with E-state index in [0.29, 0.717) is 34.0 Å². The summed E-state index contributed by atoms with van der Waals surface area (Å²) in [5.41, 5.74) is 3.61. The molecule has 3 aromatic rings. The van der Waals surface area contributed by atoms with Crippen molar-refractivity contribution in [1.82, 2.24) is 0 Å².